The van der Waals surface area contributed by atoms with Crippen LogP contribution in [0.2, 0.25) is 0 Å². The van der Waals surface area contributed by atoms with Crippen molar-refractivity contribution in [3.05, 3.63) is 0 Å². The summed E-state index contributed by atoms with van der Waals surface area (Å²) in [4.78, 5) is 35.4. The molecule has 18 heavy (non-hydrogen) atoms. The van der Waals surface area contributed by atoms with Gasteiger partial charge in [0.15, 0.2) is 6.61 Å². The van der Waals surface area contributed by atoms with Gasteiger partial charge in [0, 0.05) is 24.9 Å². The van der Waals surface area contributed by atoms with Gasteiger partial charge in [-0.1, -0.05) is 11.8 Å². The summed E-state index contributed by atoms with van der Waals surface area (Å²) in [7, 11) is 0. The van der Waals surface area contributed by atoms with E-state index in [-0.39, 0.29) is 30.2 Å². The largest absolute Gasteiger partial charge is 0.456 e. The van der Waals surface area contributed by atoms with Gasteiger partial charge < -0.3 is 15.0 Å². The number of hydrogen-bond donors (Lipinski definition) is 1. The van der Waals surface area contributed by atoms with Crippen molar-refractivity contribution in [3.63, 3.8) is 0 Å². The zero-order chi connectivity index (χ0) is 13.5. The lowest BCUT2D eigenvalue weighted by atomic mass is 10.4. The number of amides is 2. The Balaban J connectivity index is 2.14. The van der Waals surface area contributed by atoms with Gasteiger partial charge in [-0.2, -0.15) is 0 Å². The molecule has 7 heteroatoms. The van der Waals surface area contributed by atoms with Crippen molar-refractivity contribution in [2.24, 2.45) is 0 Å². The van der Waals surface area contributed by atoms with E-state index in [1.807, 2.05) is 13.8 Å². The molecule has 1 aliphatic heterocycles. The molecule has 0 bridgehead atoms. The molecule has 0 aromatic rings. The maximum absolute atomic E-state index is 11.3. The molecular weight excluding hydrogens is 256 g/mol. The predicted molar refractivity (Wildman–Crippen MR) is 68.3 cm³/mol. The maximum atomic E-state index is 11.3. The van der Waals surface area contributed by atoms with Crippen molar-refractivity contribution in [2.75, 3.05) is 25.4 Å². The minimum Gasteiger partial charge on any atom is -0.456 e. The van der Waals surface area contributed by atoms with Gasteiger partial charge in [-0.05, 0) is 13.8 Å². The van der Waals surface area contributed by atoms with Crippen molar-refractivity contribution in [3.8, 4) is 0 Å². The molecule has 6 nitrogen and oxygen atoms in total. The van der Waals surface area contributed by atoms with Gasteiger partial charge >= 0.3 is 5.97 Å². The topological polar surface area (TPSA) is 75.7 Å². The average molecular weight is 274 g/mol. The molecule has 0 radical (unpaired) electrons. The van der Waals surface area contributed by atoms with E-state index in [0.717, 1.165) is 5.75 Å². The summed E-state index contributed by atoms with van der Waals surface area (Å²) in [5.41, 5.74) is 0. The minimum absolute atomic E-state index is 0.000325. The fraction of sp³-hybridized carbons (Fsp3) is 0.727. The molecule has 1 aliphatic rings. The Morgan fingerprint density at radius 1 is 1.50 bits per heavy atom. The smallest absolute Gasteiger partial charge is 0.308 e. The molecule has 1 rings (SSSR count). The van der Waals surface area contributed by atoms with Crippen molar-refractivity contribution < 1.29 is 19.1 Å². The highest BCUT2D eigenvalue weighted by atomic mass is 32.2. The van der Waals surface area contributed by atoms with Crippen LogP contribution in [-0.2, 0) is 14.3 Å². The van der Waals surface area contributed by atoms with Crippen LogP contribution in [0.5, 0.6) is 0 Å². The van der Waals surface area contributed by atoms with Crippen LogP contribution < -0.4 is 5.32 Å². The molecule has 1 heterocycles. The van der Waals surface area contributed by atoms with Gasteiger partial charge in [-0.3, -0.25) is 14.4 Å². The molecule has 102 valence electrons. The lowest BCUT2D eigenvalue weighted by Crippen LogP contribution is -2.34. The second-order valence-corrected chi connectivity index (χ2v) is 5.28. The predicted octanol–water partition coefficient (Wildman–Crippen LogP) is 0.613. The molecule has 2 amide bonds. The first-order valence-electron chi connectivity index (χ1n) is 5.85. The Labute approximate surface area is 110 Å². The third kappa shape index (κ3) is 5.39. The lowest BCUT2D eigenvalue weighted by molar-refractivity contribution is -0.148. The maximum Gasteiger partial charge on any atom is 0.308 e. The zero-order valence-electron chi connectivity index (χ0n) is 10.6. The third-order valence-electron chi connectivity index (χ3n) is 2.24. The molecule has 0 aromatic carbocycles. The number of thioether (sulfide) groups is 1. The molecule has 1 fully saturated rings. The first kappa shape index (κ1) is 14.8. The van der Waals surface area contributed by atoms with Crippen LogP contribution in [0.4, 0.5) is 4.79 Å². The lowest BCUT2D eigenvalue weighted by Gasteiger charge is -2.13. The van der Waals surface area contributed by atoms with Gasteiger partial charge in [0.05, 0.1) is 6.42 Å². The SMILES string of the molecule is CC(C)NC(=O)COC(=O)CCN1CCSC1=O. The highest BCUT2D eigenvalue weighted by molar-refractivity contribution is 8.13. The Bertz CT molecular complexity index is 333. The van der Waals surface area contributed by atoms with Crippen LogP contribution >= 0.6 is 11.8 Å². The van der Waals surface area contributed by atoms with E-state index >= 15 is 0 Å². The molecule has 0 saturated carbocycles. The van der Waals surface area contributed by atoms with E-state index in [4.69, 9.17) is 4.74 Å². The van der Waals surface area contributed by atoms with E-state index in [1.54, 1.807) is 4.90 Å². The van der Waals surface area contributed by atoms with Crippen LogP contribution in [0, 0.1) is 0 Å². The van der Waals surface area contributed by atoms with Crippen LogP contribution in [0.15, 0.2) is 0 Å². The highest BCUT2D eigenvalue weighted by Gasteiger charge is 2.21. The van der Waals surface area contributed by atoms with Gasteiger partial charge in [-0.25, -0.2) is 0 Å². The van der Waals surface area contributed by atoms with Crippen molar-refractivity contribution in [1.82, 2.24) is 10.2 Å². The summed E-state index contributed by atoms with van der Waals surface area (Å²) >= 11 is 1.25. The van der Waals surface area contributed by atoms with Crippen LogP contribution in [-0.4, -0.2) is 53.5 Å². The summed E-state index contributed by atoms with van der Waals surface area (Å²) < 4.78 is 4.80. The normalized spacial score (nSPS) is 15.1. The molecule has 1 N–H and O–H groups in total. The fourth-order valence-electron chi connectivity index (χ4n) is 1.44. The molecule has 1 saturated heterocycles. The number of rotatable bonds is 6. The molecule has 0 aromatic heterocycles. The molecule has 0 aliphatic carbocycles. The average Bonchev–Trinajstić information content (AvgIpc) is 2.68. The van der Waals surface area contributed by atoms with Crippen molar-refractivity contribution in [1.29, 1.82) is 0 Å². The number of nitrogens with one attached hydrogen (secondary N) is 1. The Morgan fingerprint density at radius 3 is 2.78 bits per heavy atom. The second kappa shape index (κ2) is 7.25. The summed E-state index contributed by atoms with van der Waals surface area (Å²) in [6.45, 7) is 4.42. The van der Waals surface area contributed by atoms with E-state index in [0.29, 0.717) is 13.1 Å². The number of esters is 1. The van der Waals surface area contributed by atoms with Crippen LogP contribution in [0.25, 0.3) is 0 Å². The monoisotopic (exact) mass is 274 g/mol. The number of hydrogen-bond acceptors (Lipinski definition) is 5. The van der Waals surface area contributed by atoms with Crippen molar-refractivity contribution >= 4 is 28.9 Å². The number of carbonyl (C=O) groups excluding carboxylic acids is 3. The second-order valence-electron chi connectivity index (χ2n) is 4.23. The van der Waals surface area contributed by atoms with Crippen LogP contribution in [0.3, 0.4) is 0 Å². The Kier molecular flexibility index (Phi) is 5.97. The van der Waals surface area contributed by atoms with E-state index in [1.165, 1.54) is 11.8 Å². The first-order valence-corrected chi connectivity index (χ1v) is 6.84. The fourth-order valence-corrected chi connectivity index (χ4v) is 2.29. The number of nitrogens with zero attached hydrogens (tertiary/aromatic N) is 1. The van der Waals surface area contributed by atoms with E-state index in [9.17, 15) is 14.4 Å². The summed E-state index contributed by atoms with van der Waals surface area (Å²) in [5.74, 6) is -0.00484. The highest BCUT2D eigenvalue weighted by Crippen LogP contribution is 2.17. The summed E-state index contributed by atoms with van der Waals surface area (Å²) in [6.07, 6.45) is 0.126. The van der Waals surface area contributed by atoms with Gasteiger partial charge in [-0.15, -0.1) is 0 Å². The standard InChI is InChI=1S/C11H18N2O4S/c1-8(2)12-9(14)7-17-10(15)3-4-13-5-6-18-11(13)16/h8H,3-7H2,1-2H3,(H,12,14). The first-order chi connectivity index (χ1) is 8.49. The van der Waals surface area contributed by atoms with E-state index < -0.39 is 5.97 Å². The summed E-state index contributed by atoms with van der Waals surface area (Å²) in [5, 5.41) is 2.62. The number of ether oxygens (including phenoxy) is 1. The van der Waals surface area contributed by atoms with E-state index in [2.05, 4.69) is 5.32 Å². The zero-order valence-corrected chi connectivity index (χ0v) is 11.4. The van der Waals surface area contributed by atoms with Gasteiger partial charge in [0.25, 0.3) is 11.1 Å². The Morgan fingerprint density at radius 2 is 2.22 bits per heavy atom. The Hall–Kier alpha value is -1.24. The third-order valence-corrected chi connectivity index (χ3v) is 3.14. The van der Waals surface area contributed by atoms with Gasteiger partial charge in [0.1, 0.15) is 0 Å². The molecule has 0 spiro atoms. The molecular formula is C11H18N2O4S. The number of carbonyl (C=O) groups is 3. The quantitative estimate of drug-likeness (QED) is 0.718. The summed E-state index contributed by atoms with van der Waals surface area (Å²) in [6, 6.07) is 0.0236. The minimum atomic E-state index is -0.460. The van der Waals surface area contributed by atoms with Crippen LogP contribution in [0.1, 0.15) is 20.3 Å². The molecule has 0 unspecified atom stereocenters. The molecule has 0 atom stereocenters. The van der Waals surface area contributed by atoms with Gasteiger partial charge in [0.2, 0.25) is 0 Å². The van der Waals surface area contributed by atoms with Crippen molar-refractivity contribution in [2.45, 2.75) is 26.3 Å².